The van der Waals surface area contributed by atoms with Crippen LogP contribution >= 0.6 is 0 Å². The van der Waals surface area contributed by atoms with Crippen LogP contribution in [0.3, 0.4) is 0 Å². The Labute approximate surface area is 208 Å². The number of anilines is 1. The number of ether oxygens (including phenoxy) is 1. The van der Waals surface area contributed by atoms with Crippen LogP contribution in [0.25, 0.3) is 10.9 Å². The molecular weight excluding hydrogens is 454 g/mol. The molecule has 2 aliphatic rings. The molecule has 0 saturated carbocycles. The van der Waals surface area contributed by atoms with Crippen LogP contribution in [0, 0.1) is 11.8 Å². The summed E-state index contributed by atoms with van der Waals surface area (Å²) in [6.45, 7) is 0. The van der Waals surface area contributed by atoms with Gasteiger partial charge >= 0.3 is 5.97 Å². The second kappa shape index (κ2) is 8.46. The van der Waals surface area contributed by atoms with Crippen LogP contribution in [0.4, 0.5) is 5.69 Å². The van der Waals surface area contributed by atoms with Gasteiger partial charge in [-0.15, -0.1) is 0 Å². The summed E-state index contributed by atoms with van der Waals surface area (Å²) in [5.41, 5.74) is 1.71. The van der Waals surface area contributed by atoms with Gasteiger partial charge in [-0.1, -0.05) is 66.7 Å². The Morgan fingerprint density at radius 1 is 0.917 bits per heavy atom. The summed E-state index contributed by atoms with van der Waals surface area (Å²) < 4.78 is 5.32. The Kier molecular flexibility index (Phi) is 5.23. The monoisotopic (exact) mass is 479 g/mol. The minimum Gasteiger partial charge on any atom is -0.468 e. The second-order valence-electron chi connectivity index (χ2n) is 9.38. The first-order chi connectivity index (χ1) is 17.5. The Bertz CT molecular complexity index is 1470. The van der Waals surface area contributed by atoms with Crippen molar-refractivity contribution in [1.29, 1.82) is 0 Å². The number of carbonyl (C=O) groups is 3. The number of aromatic amines is 1. The lowest BCUT2D eigenvalue weighted by Gasteiger charge is -2.32. The Balaban J connectivity index is 1.53. The molecule has 0 spiro atoms. The van der Waals surface area contributed by atoms with Gasteiger partial charge in [-0.05, 0) is 29.3 Å². The molecule has 7 heteroatoms. The summed E-state index contributed by atoms with van der Waals surface area (Å²) in [6, 6.07) is 25.7. The molecule has 0 unspecified atom stereocenters. The molecule has 6 rings (SSSR count). The van der Waals surface area contributed by atoms with E-state index in [1.807, 2.05) is 66.9 Å². The van der Waals surface area contributed by atoms with Crippen LogP contribution in [0.5, 0.6) is 0 Å². The number of carbonyl (C=O) groups excluding carboxylic acids is 3. The van der Waals surface area contributed by atoms with Gasteiger partial charge in [0.2, 0.25) is 11.8 Å². The van der Waals surface area contributed by atoms with E-state index in [9.17, 15) is 14.4 Å². The normalized spacial score (nSPS) is 25.4. The molecule has 0 aliphatic carbocycles. The van der Waals surface area contributed by atoms with Crippen molar-refractivity contribution in [3.05, 3.63) is 102 Å². The Morgan fingerprint density at radius 2 is 1.58 bits per heavy atom. The zero-order valence-electron chi connectivity index (χ0n) is 19.7. The maximum Gasteiger partial charge on any atom is 0.327 e. The molecule has 4 atom stereocenters. The molecular formula is C29H25N3O4. The summed E-state index contributed by atoms with van der Waals surface area (Å²) in [6.07, 6.45) is 2.05. The molecule has 2 N–H and O–H groups in total. The number of H-pyrrole nitrogens is 1. The number of nitrogens with zero attached hydrogens (tertiary/aromatic N) is 1. The van der Waals surface area contributed by atoms with E-state index < -0.39 is 35.3 Å². The smallest absolute Gasteiger partial charge is 0.327 e. The van der Waals surface area contributed by atoms with Crippen molar-refractivity contribution in [3.8, 4) is 0 Å². The summed E-state index contributed by atoms with van der Waals surface area (Å²) in [7, 11) is 1.32. The molecule has 3 aromatic carbocycles. The number of aromatic nitrogens is 1. The molecule has 2 aliphatic heterocycles. The minimum atomic E-state index is -1.43. The highest BCUT2D eigenvalue weighted by molar-refractivity contribution is 6.24. The quantitative estimate of drug-likeness (QED) is 0.336. The predicted molar refractivity (Wildman–Crippen MR) is 135 cm³/mol. The highest BCUT2D eigenvalue weighted by Gasteiger charge is 2.69. The first-order valence-electron chi connectivity index (χ1n) is 11.9. The van der Waals surface area contributed by atoms with Gasteiger partial charge in [-0.3, -0.25) is 19.7 Å². The van der Waals surface area contributed by atoms with E-state index in [-0.39, 0.29) is 12.3 Å². The SMILES string of the molecule is COC(=O)[C@@]1(Cc2c[nH]c3ccccc23)N[C@@H](c2ccccc2)[C@H]2C(=O)N(c3ccccc3)C(=O)[C@H]21. The van der Waals surface area contributed by atoms with E-state index in [0.29, 0.717) is 5.69 Å². The molecule has 4 aromatic rings. The van der Waals surface area contributed by atoms with Crippen molar-refractivity contribution in [2.45, 2.75) is 18.0 Å². The summed E-state index contributed by atoms with van der Waals surface area (Å²) in [4.78, 5) is 46.1. The van der Waals surface area contributed by atoms with Gasteiger partial charge in [0.1, 0.15) is 5.54 Å². The standard InChI is InChI=1S/C29H25N3O4/c1-36-28(35)29(16-19-17-30-22-15-9-8-14-21(19)22)24-23(25(31-29)18-10-4-2-5-11-18)26(33)32(27(24)34)20-12-6-3-7-13-20/h2-15,17,23-25,30-31H,16H2,1H3/t23-,24-,25-,29-/m0/s1. The number of rotatable bonds is 5. The summed E-state index contributed by atoms with van der Waals surface area (Å²) >= 11 is 0. The van der Waals surface area contributed by atoms with Gasteiger partial charge in [0.05, 0.1) is 24.6 Å². The number of benzene rings is 3. The summed E-state index contributed by atoms with van der Waals surface area (Å²) in [5, 5.41) is 4.41. The van der Waals surface area contributed by atoms with Gasteiger partial charge in [0, 0.05) is 29.6 Å². The molecule has 2 amide bonds. The fourth-order valence-electron chi connectivity index (χ4n) is 5.96. The highest BCUT2D eigenvalue weighted by atomic mass is 16.5. The average molecular weight is 480 g/mol. The molecule has 180 valence electrons. The summed E-state index contributed by atoms with van der Waals surface area (Å²) in [5.74, 6) is -2.96. The fourth-order valence-corrected chi connectivity index (χ4v) is 5.96. The fraction of sp³-hybridized carbons (Fsp3) is 0.207. The lowest BCUT2D eigenvalue weighted by molar-refractivity contribution is -0.152. The van der Waals surface area contributed by atoms with Crippen LogP contribution in [0.2, 0.25) is 0 Å². The van der Waals surface area contributed by atoms with Crippen molar-refractivity contribution in [2.75, 3.05) is 12.0 Å². The molecule has 36 heavy (non-hydrogen) atoms. The van der Waals surface area contributed by atoms with Crippen molar-refractivity contribution < 1.29 is 19.1 Å². The van der Waals surface area contributed by atoms with Crippen molar-refractivity contribution in [3.63, 3.8) is 0 Å². The van der Waals surface area contributed by atoms with Crippen LogP contribution in [0.15, 0.2) is 91.1 Å². The maximum atomic E-state index is 14.1. The third-order valence-corrected chi connectivity index (χ3v) is 7.52. The minimum absolute atomic E-state index is 0.190. The number of imide groups is 1. The number of esters is 1. The molecule has 0 bridgehead atoms. The Morgan fingerprint density at radius 3 is 2.31 bits per heavy atom. The van der Waals surface area contributed by atoms with Crippen LogP contribution in [0.1, 0.15) is 17.2 Å². The van der Waals surface area contributed by atoms with Crippen LogP contribution < -0.4 is 10.2 Å². The zero-order valence-corrected chi connectivity index (χ0v) is 19.7. The number of hydrogen-bond acceptors (Lipinski definition) is 5. The number of nitrogens with one attached hydrogen (secondary N) is 2. The van der Waals surface area contributed by atoms with E-state index >= 15 is 0 Å². The van der Waals surface area contributed by atoms with Crippen molar-refractivity contribution in [1.82, 2.24) is 10.3 Å². The molecule has 3 heterocycles. The maximum absolute atomic E-state index is 14.1. The topological polar surface area (TPSA) is 91.5 Å². The Hall–Kier alpha value is -4.23. The second-order valence-corrected chi connectivity index (χ2v) is 9.38. The molecule has 1 aromatic heterocycles. The zero-order chi connectivity index (χ0) is 24.9. The van der Waals surface area contributed by atoms with Crippen molar-refractivity contribution >= 4 is 34.4 Å². The molecule has 2 fully saturated rings. The van der Waals surface area contributed by atoms with Gasteiger partial charge in [0.15, 0.2) is 0 Å². The molecule has 7 nitrogen and oxygen atoms in total. The highest BCUT2D eigenvalue weighted by Crippen LogP contribution is 2.51. The molecule has 0 radical (unpaired) electrons. The average Bonchev–Trinajstić information content (AvgIpc) is 3.57. The van der Waals surface area contributed by atoms with Crippen LogP contribution in [-0.2, 0) is 25.5 Å². The van der Waals surface area contributed by atoms with Gasteiger partial charge in [-0.2, -0.15) is 0 Å². The number of hydrogen-bond donors (Lipinski definition) is 2. The first-order valence-corrected chi connectivity index (χ1v) is 11.9. The lowest BCUT2D eigenvalue weighted by atomic mass is 9.76. The van der Waals surface area contributed by atoms with Gasteiger partial charge in [0.25, 0.3) is 0 Å². The number of para-hydroxylation sites is 2. The van der Waals surface area contributed by atoms with E-state index in [0.717, 1.165) is 22.0 Å². The predicted octanol–water partition coefficient (Wildman–Crippen LogP) is 3.77. The number of amides is 2. The number of fused-ring (bicyclic) bond motifs is 2. The largest absolute Gasteiger partial charge is 0.468 e. The van der Waals surface area contributed by atoms with Gasteiger partial charge in [-0.25, -0.2) is 4.90 Å². The van der Waals surface area contributed by atoms with E-state index in [4.69, 9.17) is 4.74 Å². The van der Waals surface area contributed by atoms with Gasteiger partial charge < -0.3 is 9.72 Å². The van der Waals surface area contributed by atoms with E-state index in [1.165, 1.54) is 12.0 Å². The van der Waals surface area contributed by atoms with E-state index in [2.05, 4.69) is 10.3 Å². The lowest BCUT2D eigenvalue weighted by Crippen LogP contribution is -2.57. The first kappa shape index (κ1) is 22.2. The van der Waals surface area contributed by atoms with Crippen LogP contribution in [-0.4, -0.2) is 35.4 Å². The third-order valence-electron chi connectivity index (χ3n) is 7.52. The van der Waals surface area contributed by atoms with Crippen molar-refractivity contribution in [2.24, 2.45) is 11.8 Å². The number of methoxy groups -OCH3 is 1. The molecule has 2 saturated heterocycles. The third kappa shape index (κ3) is 3.20. The van der Waals surface area contributed by atoms with E-state index in [1.54, 1.807) is 24.3 Å².